The third-order valence-corrected chi connectivity index (χ3v) is 3.90. The Morgan fingerprint density at radius 3 is 2.50 bits per heavy atom. The second-order valence-electron chi connectivity index (χ2n) is 5.51. The lowest BCUT2D eigenvalue weighted by atomic mass is 10.2. The van der Waals surface area contributed by atoms with Gasteiger partial charge in [0.05, 0.1) is 12.0 Å². The number of rotatable bonds is 6. The van der Waals surface area contributed by atoms with Gasteiger partial charge >= 0.3 is 6.09 Å². The van der Waals surface area contributed by atoms with E-state index in [0.29, 0.717) is 5.75 Å². The highest BCUT2D eigenvalue weighted by Gasteiger charge is 2.17. The number of nitrogens with one attached hydrogen (secondary N) is 2. The van der Waals surface area contributed by atoms with Crippen LogP contribution in [0.4, 0.5) is 4.79 Å². The maximum absolute atomic E-state index is 12.1. The van der Waals surface area contributed by atoms with E-state index in [1.54, 1.807) is 32.9 Å². The van der Waals surface area contributed by atoms with Crippen molar-refractivity contribution in [2.75, 3.05) is 20.2 Å². The smallest absolute Gasteiger partial charge is 0.407 e. The Hall–Kier alpha value is -1.80. The molecule has 1 amide bonds. The molecular formula is C14H22N2O5S. The van der Waals surface area contributed by atoms with Gasteiger partial charge in [0.15, 0.2) is 0 Å². The molecule has 0 saturated heterocycles. The average molecular weight is 330 g/mol. The Morgan fingerprint density at radius 2 is 1.91 bits per heavy atom. The third kappa shape index (κ3) is 6.31. The molecule has 0 bridgehead atoms. The molecule has 0 unspecified atom stereocenters. The molecule has 1 rings (SSSR count). The van der Waals surface area contributed by atoms with Gasteiger partial charge in [0.25, 0.3) is 0 Å². The summed E-state index contributed by atoms with van der Waals surface area (Å²) in [6.07, 6.45) is -0.590. The van der Waals surface area contributed by atoms with E-state index in [1.165, 1.54) is 19.2 Å². The fraction of sp³-hybridized carbons (Fsp3) is 0.500. The minimum absolute atomic E-state index is 0.0544. The van der Waals surface area contributed by atoms with Crippen LogP contribution in [0, 0.1) is 0 Å². The molecule has 0 atom stereocenters. The Bertz CT molecular complexity index is 608. The van der Waals surface area contributed by atoms with Crippen molar-refractivity contribution in [3.05, 3.63) is 24.3 Å². The van der Waals surface area contributed by atoms with Gasteiger partial charge in [-0.2, -0.15) is 0 Å². The number of sulfonamides is 1. The first-order valence-corrected chi connectivity index (χ1v) is 8.23. The molecule has 1 aromatic carbocycles. The van der Waals surface area contributed by atoms with Gasteiger partial charge in [-0.05, 0) is 32.9 Å². The predicted molar refractivity (Wildman–Crippen MR) is 82.4 cm³/mol. The van der Waals surface area contributed by atoms with Gasteiger partial charge in [0, 0.05) is 19.2 Å². The van der Waals surface area contributed by atoms with Crippen LogP contribution in [0.1, 0.15) is 20.8 Å². The summed E-state index contributed by atoms with van der Waals surface area (Å²) in [6, 6.07) is 6.13. The van der Waals surface area contributed by atoms with Crippen LogP contribution >= 0.6 is 0 Å². The van der Waals surface area contributed by atoms with Gasteiger partial charge in [0.1, 0.15) is 11.4 Å². The first kappa shape index (κ1) is 18.2. The summed E-state index contributed by atoms with van der Waals surface area (Å²) in [5, 5.41) is 2.47. The highest BCUT2D eigenvalue weighted by Crippen LogP contribution is 2.16. The monoisotopic (exact) mass is 330 g/mol. The molecule has 22 heavy (non-hydrogen) atoms. The van der Waals surface area contributed by atoms with Crippen LogP contribution in [0.15, 0.2) is 29.2 Å². The van der Waals surface area contributed by atoms with Crippen molar-refractivity contribution >= 4 is 16.1 Å². The summed E-state index contributed by atoms with van der Waals surface area (Å²) < 4.78 is 36.5. The van der Waals surface area contributed by atoms with E-state index in [2.05, 4.69) is 10.0 Å². The van der Waals surface area contributed by atoms with Crippen LogP contribution in [0.2, 0.25) is 0 Å². The fourth-order valence-corrected chi connectivity index (χ4v) is 2.58. The zero-order valence-electron chi connectivity index (χ0n) is 13.2. The molecule has 0 aliphatic carbocycles. The molecule has 0 aliphatic rings. The Balaban J connectivity index is 2.48. The molecule has 1 aromatic rings. The molecule has 0 aromatic heterocycles. The highest BCUT2D eigenvalue weighted by atomic mass is 32.2. The van der Waals surface area contributed by atoms with Gasteiger partial charge < -0.3 is 14.8 Å². The van der Waals surface area contributed by atoms with Crippen molar-refractivity contribution in [3.8, 4) is 5.75 Å². The molecule has 0 saturated carbocycles. The summed E-state index contributed by atoms with van der Waals surface area (Å²) in [4.78, 5) is 11.5. The van der Waals surface area contributed by atoms with Crippen molar-refractivity contribution in [1.29, 1.82) is 0 Å². The zero-order valence-corrected chi connectivity index (χ0v) is 14.0. The number of carbonyl (C=O) groups excluding carboxylic acids is 1. The van der Waals surface area contributed by atoms with E-state index < -0.39 is 21.7 Å². The number of alkyl carbamates (subject to hydrolysis) is 1. The molecule has 0 fully saturated rings. The lowest BCUT2D eigenvalue weighted by Gasteiger charge is -2.19. The molecule has 0 spiro atoms. The van der Waals surface area contributed by atoms with E-state index in [4.69, 9.17) is 9.47 Å². The van der Waals surface area contributed by atoms with Crippen LogP contribution < -0.4 is 14.8 Å². The van der Waals surface area contributed by atoms with E-state index in [-0.39, 0.29) is 18.0 Å². The van der Waals surface area contributed by atoms with Crippen LogP contribution in [0.3, 0.4) is 0 Å². The van der Waals surface area contributed by atoms with Gasteiger partial charge in [-0.15, -0.1) is 0 Å². The molecule has 7 nitrogen and oxygen atoms in total. The molecule has 124 valence electrons. The normalized spacial score (nSPS) is 11.8. The third-order valence-electron chi connectivity index (χ3n) is 2.44. The number of ether oxygens (including phenoxy) is 2. The Kier molecular flexibility index (Phi) is 6.19. The number of methoxy groups -OCH3 is 1. The van der Waals surface area contributed by atoms with Crippen molar-refractivity contribution in [2.45, 2.75) is 31.3 Å². The fourth-order valence-electron chi connectivity index (χ4n) is 1.52. The molecule has 0 radical (unpaired) electrons. The number of benzene rings is 1. The minimum Gasteiger partial charge on any atom is -0.497 e. The lowest BCUT2D eigenvalue weighted by molar-refractivity contribution is 0.0529. The summed E-state index contributed by atoms with van der Waals surface area (Å²) in [7, 11) is -2.19. The summed E-state index contributed by atoms with van der Waals surface area (Å²) in [5.41, 5.74) is -0.593. The highest BCUT2D eigenvalue weighted by molar-refractivity contribution is 7.89. The molecule has 0 heterocycles. The van der Waals surface area contributed by atoms with E-state index in [1.807, 2.05) is 0 Å². The van der Waals surface area contributed by atoms with Crippen molar-refractivity contribution in [2.24, 2.45) is 0 Å². The van der Waals surface area contributed by atoms with Crippen LogP contribution in [-0.2, 0) is 14.8 Å². The van der Waals surface area contributed by atoms with E-state index in [9.17, 15) is 13.2 Å². The standard InChI is InChI=1S/C14H22N2O5S/c1-14(2,3)21-13(17)15-8-9-16-22(18,19)12-7-5-6-11(10-12)20-4/h5-7,10,16H,8-9H2,1-4H3,(H,15,17). The first-order chi connectivity index (χ1) is 10.1. The second kappa shape index (κ2) is 7.46. The molecule has 8 heteroatoms. The van der Waals surface area contributed by atoms with E-state index in [0.717, 1.165) is 0 Å². The summed E-state index contributed by atoms with van der Waals surface area (Å²) in [6.45, 7) is 5.42. The summed E-state index contributed by atoms with van der Waals surface area (Å²) in [5.74, 6) is 0.453. The summed E-state index contributed by atoms with van der Waals surface area (Å²) >= 11 is 0. The van der Waals surface area contributed by atoms with Crippen molar-refractivity contribution < 1.29 is 22.7 Å². The van der Waals surface area contributed by atoms with Crippen molar-refractivity contribution in [3.63, 3.8) is 0 Å². The first-order valence-electron chi connectivity index (χ1n) is 6.74. The molecule has 2 N–H and O–H groups in total. The Labute approximate surface area is 131 Å². The van der Waals surface area contributed by atoms with Crippen LogP contribution in [0.25, 0.3) is 0 Å². The van der Waals surface area contributed by atoms with Gasteiger partial charge in [-0.3, -0.25) is 0 Å². The van der Waals surface area contributed by atoms with E-state index >= 15 is 0 Å². The molecular weight excluding hydrogens is 308 g/mol. The topological polar surface area (TPSA) is 93.7 Å². The maximum Gasteiger partial charge on any atom is 0.407 e. The number of amides is 1. The van der Waals surface area contributed by atoms with Gasteiger partial charge in [-0.1, -0.05) is 6.07 Å². The predicted octanol–water partition coefficient (Wildman–Crippen LogP) is 1.50. The van der Waals surface area contributed by atoms with Crippen LogP contribution in [-0.4, -0.2) is 40.3 Å². The van der Waals surface area contributed by atoms with Crippen molar-refractivity contribution in [1.82, 2.24) is 10.0 Å². The lowest BCUT2D eigenvalue weighted by Crippen LogP contribution is -2.37. The average Bonchev–Trinajstić information content (AvgIpc) is 2.42. The SMILES string of the molecule is COc1cccc(S(=O)(=O)NCCNC(=O)OC(C)(C)C)c1. The molecule has 0 aliphatic heterocycles. The maximum atomic E-state index is 12.1. The van der Waals surface area contributed by atoms with Crippen LogP contribution in [0.5, 0.6) is 5.75 Å². The number of carbonyl (C=O) groups is 1. The number of hydrogen-bond acceptors (Lipinski definition) is 5. The van der Waals surface area contributed by atoms with Gasteiger partial charge in [0.2, 0.25) is 10.0 Å². The zero-order chi connectivity index (χ0) is 16.8. The minimum atomic E-state index is -3.65. The number of hydrogen-bond donors (Lipinski definition) is 2. The van der Waals surface area contributed by atoms with Gasteiger partial charge in [-0.25, -0.2) is 17.9 Å². The second-order valence-corrected chi connectivity index (χ2v) is 7.27. The quantitative estimate of drug-likeness (QED) is 0.771. The largest absolute Gasteiger partial charge is 0.497 e. The Morgan fingerprint density at radius 1 is 1.23 bits per heavy atom.